The van der Waals surface area contributed by atoms with Gasteiger partial charge >= 0.3 is 5.97 Å². The van der Waals surface area contributed by atoms with Crippen LogP contribution in [0.2, 0.25) is 0 Å². The predicted octanol–water partition coefficient (Wildman–Crippen LogP) is 2.47. The van der Waals surface area contributed by atoms with Crippen molar-refractivity contribution in [2.24, 2.45) is 0 Å². The lowest BCUT2D eigenvalue weighted by Gasteiger charge is -2.18. The van der Waals surface area contributed by atoms with Gasteiger partial charge in [0.25, 0.3) is 0 Å². The van der Waals surface area contributed by atoms with Crippen molar-refractivity contribution in [3.63, 3.8) is 0 Å². The Morgan fingerprint density at radius 2 is 1.50 bits per heavy atom. The number of ether oxygens (including phenoxy) is 2. The third-order valence-electron chi connectivity index (χ3n) is 3.46. The van der Waals surface area contributed by atoms with E-state index in [4.69, 9.17) is 4.74 Å². The van der Waals surface area contributed by atoms with E-state index in [1.807, 2.05) is 60.7 Å². The molecule has 0 saturated carbocycles. The van der Waals surface area contributed by atoms with Gasteiger partial charge in [-0.1, -0.05) is 60.7 Å². The molecule has 0 heterocycles. The molecule has 0 fully saturated rings. The molecule has 0 spiro atoms. The lowest BCUT2D eigenvalue weighted by molar-refractivity contribution is -0.140. The number of amides is 1. The first kappa shape index (κ1) is 17.7. The number of carbonyl (C=O) groups is 2. The minimum atomic E-state index is -0.359. The topological polar surface area (TPSA) is 64.6 Å². The maximum Gasteiger partial charge on any atom is 0.307 e. The lowest BCUT2D eigenvalue weighted by atomic mass is 10.0. The molecule has 0 aliphatic rings. The Balaban J connectivity index is 1.94. The van der Waals surface area contributed by atoms with Gasteiger partial charge in [0.1, 0.15) is 12.7 Å². The summed E-state index contributed by atoms with van der Waals surface area (Å²) in [6.45, 7) is 0.145. The van der Waals surface area contributed by atoms with Crippen LogP contribution in [0.3, 0.4) is 0 Å². The van der Waals surface area contributed by atoms with E-state index in [1.165, 1.54) is 7.11 Å². The zero-order chi connectivity index (χ0) is 17.2. The summed E-state index contributed by atoms with van der Waals surface area (Å²) in [6.07, 6.45) is -0.179. The highest BCUT2D eigenvalue weighted by Gasteiger charge is 2.16. The molecule has 24 heavy (non-hydrogen) atoms. The number of esters is 1. The van der Waals surface area contributed by atoms with Crippen LogP contribution in [0.4, 0.5) is 0 Å². The summed E-state index contributed by atoms with van der Waals surface area (Å²) in [5, 5.41) is 2.64. The molecular weight excluding hydrogens is 306 g/mol. The molecule has 2 aromatic carbocycles. The fraction of sp³-hybridized carbons (Fsp3) is 0.263. The van der Waals surface area contributed by atoms with Crippen LogP contribution in [-0.2, 0) is 19.1 Å². The van der Waals surface area contributed by atoms with Crippen molar-refractivity contribution in [2.75, 3.05) is 20.3 Å². The number of carbonyl (C=O) groups excluding carboxylic acids is 2. The van der Waals surface area contributed by atoms with Gasteiger partial charge in [-0.3, -0.25) is 9.59 Å². The van der Waals surface area contributed by atoms with Gasteiger partial charge in [-0.05, 0) is 11.1 Å². The maximum atomic E-state index is 11.9. The first-order valence-electron chi connectivity index (χ1n) is 7.75. The number of nitrogens with one attached hydrogen (secondary N) is 1. The van der Waals surface area contributed by atoms with E-state index in [0.29, 0.717) is 0 Å². The summed E-state index contributed by atoms with van der Waals surface area (Å²) < 4.78 is 10.4. The van der Waals surface area contributed by atoms with Crippen LogP contribution < -0.4 is 5.32 Å². The van der Waals surface area contributed by atoms with Crippen molar-refractivity contribution in [3.8, 4) is 0 Å². The molecule has 0 unspecified atom stereocenters. The van der Waals surface area contributed by atoms with E-state index < -0.39 is 0 Å². The van der Waals surface area contributed by atoms with Crippen LogP contribution in [0.1, 0.15) is 23.7 Å². The predicted molar refractivity (Wildman–Crippen MR) is 90.3 cm³/mol. The van der Waals surface area contributed by atoms with Gasteiger partial charge in [-0.15, -0.1) is 0 Å². The Morgan fingerprint density at radius 1 is 0.958 bits per heavy atom. The third-order valence-corrected chi connectivity index (χ3v) is 3.46. The second kappa shape index (κ2) is 9.47. The maximum absolute atomic E-state index is 11.9. The van der Waals surface area contributed by atoms with E-state index >= 15 is 0 Å². The molecule has 0 saturated heterocycles. The Morgan fingerprint density at radius 3 is 2.00 bits per heavy atom. The molecule has 126 valence electrons. The van der Waals surface area contributed by atoms with Gasteiger partial charge in [0.15, 0.2) is 0 Å². The van der Waals surface area contributed by atoms with E-state index in [1.54, 1.807) is 0 Å². The molecule has 0 aromatic heterocycles. The van der Waals surface area contributed by atoms with Crippen LogP contribution >= 0.6 is 0 Å². The monoisotopic (exact) mass is 327 g/mol. The molecule has 0 aliphatic heterocycles. The SMILES string of the molecule is COC(=O)CCNC(=O)COC(c1ccccc1)c1ccccc1. The molecule has 5 nitrogen and oxygen atoms in total. The molecule has 5 heteroatoms. The first-order chi connectivity index (χ1) is 11.7. The highest BCUT2D eigenvalue weighted by atomic mass is 16.5. The highest BCUT2D eigenvalue weighted by Crippen LogP contribution is 2.25. The summed E-state index contributed by atoms with van der Waals surface area (Å²) >= 11 is 0. The minimum Gasteiger partial charge on any atom is -0.469 e. The quantitative estimate of drug-likeness (QED) is 0.757. The lowest BCUT2D eigenvalue weighted by Crippen LogP contribution is -2.30. The van der Waals surface area contributed by atoms with Crippen LogP contribution in [0.15, 0.2) is 60.7 Å². The van der Waals surface area contributed by atoms with Gasteiger partial charge in [0.05, 0.1) is 13.5 Å². The number of hydrogen-bond acceptors (Lipinski definition) is 4. The molecule has 0 aliphatic carbocycles. The summed E-state index contributed by atoms with van der Waals surface area (Å²) in [5.74, 6) is -0.626. The molecule has 1 N–H and O–H groups in total. The number of methoxy groups -OCH3 is 1. The first-order valence-corrected chi connectivity index (χ1v) is 7.75. The van der Waals surface area contributed by atoms with Crippen LogP contribution in [0, 0.1) is 0 Å². The number of hydrogen-bond donors (Lipinski definition) is 1. The average Bonchev–Trinajstić information content (AvgIpc) is 2.63. The van der Waals surface area contributed by atoms with Crippen molar-refractivity contribution in [1.82, 2.24) is 5.32 Å². The molecule has 0 radical (unpaired) electrons. The second-order valence-corrected chi connectivity index (χ2v) is 5.19. The largest absolute Gasteiger partial charge is 0.469 e. The van der Waals surface area contributed by atoms with Gasteiger partial charge in [0, 0.05) is 6.54 Å². The van der Waals surface area contributed by atoms with Crippen molar-refractivity contribution in [3.05, 3.63) is 71.8 Å². The van der Waals surface area contributed by atoms with E-state index in [2.05, 4.69) is 10.1 Å². The summed E-state index contributed by atoms with van der Waals surface area (Å²) in [5.41, 5.74) is 1.96. The molecule has 0 atom stereocenters. The van der Waals surface area contributed by atoms with Crippen LogP contribution in [0.5, 0.6) is 0 Å². The summed E-state index contributed by atoms with van der Waals surface area (Å²) in [6, 6.07) is 19.5. The Kier molecular flexibility index (Phi) is 6.98. The Labute approximate surface area is 141 Å². The minimum absolute atomic E-state index is 0.0877. The smallest absolute Gasteiger partial charge is 0.307 e. The normalized spacial score (nSPS) is 10.4. The molecular formula is C19H21NO4. The number of rotatable bonds is 8. The molecule has 0 bridgehead atoms. The van der Waals surface area contributed by atoms with E-state index in [9.17, 15) is 9.59 Å². The van der Waals surface area contributed by atoms with Gasteiger partial charge in [0.2, 0.25) is 5.91 Å². The van der Waals surface area contributed by atoms with Crippen molar-refractivity contribution in [2.45, 2.75) is 12.5 Å². The van der Waals surface area contributed by atoms with Gasteiger partial charge < -0.3 is 14.8 Å². The standard InChI is InChI=1S/C19H21NO4/c1-23-18(22)12-13-20-17(21)14-24-19(15-8-4-2-5-9-15)16-10-6-3-7-11-16/h2-11,19H,12-14H2,1H3,(H,20,21). The molecule has 1 amide bonds. The fourth-order valence-electron chi connectivity index (χ4n) is 2.26. The highest BCUT2D eigenvalue weighted by molar-refractivity contribution is 5.78. The van der Waals surface area contributed by atoms with Crippen molar-refractivity contribution < 1.29 is 19.1 Å². The zero-order valence-corrected chi connectivity index (χ0v) is 13.6. The fourth-order valence-corrected chi connectivity index (χ4v) is 2.26. The van der Waals surface area contributed by atoms with E-state index in [-0.39, 0.29) is 37.6 Å². The molecule has 2 rings (SSSR count). The third kappa shape index (κ3) is 5.52. The summed E-state index contributed by atoms with van der Waals surface area (Å²) in [7, 11) is 1.32. The second-order valence-electron chi connectivity index (χ2n) is 5.19. The van der Waals surface area contributed by atoms with Gasteiger partial charge in [-0.2, -0.15) is 0 Å². The average molecular weight is 327 g/mol. The van der Waals surface area contributed by atoms with Crippen LogP contribution in [-0.4, -0.2) is 32.1 Å². The number of benzene rings is 2. The summed E-state index contributed by atoms with van der Waals surface area (Å²) in [4.78, 5) is 22.9. The van der Waals surface area contributed by atoms with Gasteiger partial charge in [-0.25, -0.2) is 0 Å². The Bertz CT molecular complexity index is 603. The Hall–Kier alpha value is -2.66. The van der Waals surface area contributed by atoms with Crippen LogP contribution in [0.25, 0.3) is 0 Å². The zero-order valence-electron chi connectivity index (χ0n) is 13.6. The van der Waals surface area contributed by atoms with E-state index in [0.717, 1.165) is 11.1 Å². The van der Waals surface area contributed by atoms with Crippen molar-refractivity contribution >= 4 is 11.9 Å². The van der Waals surface area contributed by atoms with Crippen molar-refractivity contribution in [1.29, 1.82) is 0 Å². The molecule has 2 aromatic rings.